The average molecular weight is 786 g/mol. The number of amides is 7. The second-order valence-electron chi connectivity index (χ2n) is 12.0. The van der Waals surface area contributed by atoms with Crippen molar-refractivity contribution in [1.82, 2.24) is 20.9 Å². The van der Waals surface area contributed by atoms with Crippen molar-refractivity contribution in [2.75, 3.05) is 30.7 Å². The number of ether oxygens (including phenoxy) is 1. The first kappa shape index (κ1) is 54.2. The molecule has 0 fully saturated rings. The van der Waals surface area contributed by atoms with Gasteiger partial charge in [0, 0.05) is 36.9 Å². The number of hydrogen-bond acceptors (Lipinski definition) is 9. The third-order valence-electron chi connectivity index (χ3n) is 6.83. The van der Waals surface area contributed by atoms with Gasteiger partial charge in [-0.1, -0.05) is 51.5 Å². The van der Waals surface area contributed by atoms with E-state index < -0.39 is 6.03 Å². The molecule has 2 aromatic rings. The molecule has 1 atom stereocenters. The number of nitrogens with one attached hydrogen (secondary N) is 4. The minimum Gasteiger partial charge on any atom is -0.489 e. The summed E-state index contributed by atoms with van der Waals surface area (Å²) in [5, 5.41) is 17.2. The van der Waals surface area contributed by atoms with Crippen LogP contribution in [0.5, 0.6) is 5.75 Å². The molecular weight excluding hydrogens is 722 g/mol. The lowest BCUT2D eigenvalue weighted by molar-refractivity contribution is -0.134. The lowest BCUT2D eigenvalue weighted by atomic mass is 10.1. The average Bonchev–Trinajstić information content (AvgIpc) is 3.16. The molecule has 56 heavy (non-hydrogen) atoms. The molecule has 0 radical (unpaired) electrons. The molecule has 0 saturated carbocycles. The normalized spacial score (nSPS) is 9.98. The van der Waals surface area contributed by atoms with Crippen LogP contribution in [-0.4, -0.2) is 78.7 Å². The van der Waals surface area contributed by atoms with Crippen molar-refractivity contribution in [3.8, 4) is 5.75 Å². The van der Waals surface area contributed by atoms with E-state index in [1.165, 1.54) is 6.08 Å². The summed E-state index contributed by atoms with van der Waals surface area (Å²) < 4.78 is 5.63. The molecule has 312 valence electrons. The molecule has 2 aromatic carbocycles. The van der Waals surface area contributed by atoms with Crippen LogP contribution in [0.15, 0.2) is 73.3 Å². The molecule has 0 aliphatic rings. The van der Waals surface area contributed by atoms with Crippen molar-refractivity contribution >= 4 is 54.4 Å². The molecule has 2 rings (SSSR count). The van der Waals surface area contributed by atoms with Gasteiger partial charge in [0.15, 0.2) is 0 Å². The summed E-state index contributed by atoms with van der Waals surface area (Å²) in [6.07, 6.45) is 9.49. The lowest BCUT2D eigenvalue weighted by Crippen LogP contribution is -2.35. The highest BCUT2D eigenvalue weighted by atomic mass is 16.5. The minimum atomic E-state index is -0.443. The fourth-order valence-corrected chi connectivity index (χ4v) is 3.69. The summed E-state index contributed by atoms with van der Waals surface area (Å²) in [4.78, 5) is 74.8. The predicted octanol–water partition coefficient (Wildman–Crippen LogP) is 4.76. The van der Waals surface area contributed by atoms with Crippen LogP contribution in [0, 0.1) is 5.92 Å². The van der Waals surface area contributed by atoms with Crippen LogP contribution >= 0.6 is 0 Å². The first-order chi connectivity index (χ1) is 26.7. The topological polar surface area (TPSA) is 252 Å². The third kappa shape index (κ3) is 33.6. The van der Waals surface area contributed by atoms with Crippen molar-refractivity contribution in [2.24, 2.45) is 11.7 Å². The number of carboxylic acid groups (broad SMARTS) is 1. The van der Waals surface area contributed by atoms with E-state index in [9.17, 15) is 28.8 Å². The number of benzene rings is 2. The van der Waals surface area contributed by atoms with Crippen LogP contribution in [0.4, 0.5) is 16.2 Å². The van der Waals surface area contributed by atoms with E-state index in [0.717, 1.165) is 41.9 Å². The predicted molar refractivity (Wildman–Crippen MR) is 220 cm³/mol. The van der Waals surface area contributed by atoms with Gasteiger partial charge in [0.05, 0.1) is 6.54 Å². The Morgan fingerprint density at radius 2 is 1.52 bits per heavy atom. The Kier molecular flexibility index (Phi) is 35.9. The van der Waals surface area contributed by atoms with Crippen molar-refractivity contribution in [1.29, 1.82) is 0 Å². The number of carbonyl (C=O) groups excluding carboxylic acids is 6. The van der Waals surface area contributed by atoms with Crippen LogP contribution in [0.3, 0.4) is 0 Å². The molecule has 0 heterocycles. The maximum absolute atomic E-state index is 11.7. The van der Waals surface area contributed by atoms with Gasteiger partial charge in [0.25, 0.3) is 12.4 Å². The number of hydrogen-bond donors (Lipinski definition) is 7. The molecule has 0 aromatic heterocycles. The van der Waals surface area contributed by atoms with Crippen LogP contribution in [0.25, 0.3) is 0 Å². The molecule has 0 aliphatic carbocycles. The van der Waals surface area contributed by atoms with E-state index in [0.29, 0.717) is 56.2 Å². The van der Waals surface area contributed by atoms with E-state index in [2.05, 4.69) is 41.7 Å². The first-order valence-corrected chi connectivity index (χ1v) is 18.1. The van der Waals surface area contributed by atoms with Crippen molar-refractivity contribution < 1.29 is 43.4 Å². The highest BCUT2D eigenvalue weighted by molar-refractivity contribution is 5.94. The number of nitrogen functional groups attached to an aromatic ring is 1. The van der Waals surface area contributed by atoms with E-state index in [1.54, 1.807) is 43.3 Å². The van der Waals surface area contributed by atoms with Gasteiger partial charge in [-0.2, -0.15) is 0 Å². The van der Waals surface area contributed by atoms with Gasteiger partial charge < -0.3 is 42.6 Å². The zero-order valence-corrected chi connectivity index (χ0v) is 33.6. The standard InChI is InChI=1S/C16H17N3O3.C16H28N2O3.C4H10N2O.C3H6.CH2O2/c17-13-3-7-15(8-4-13)22-10-12-1-5-14(6-2-12)19-16(21)9-18-11-20;1-5-9-16(21)18(12-19)11-8-6-7-10-15(20)17-14(4)13(2)3;1-2-3-6-4(5)7;1-3-2;2-1-3/h1-8,11H,9-10,17H2,(H,18,20)(H,19,21);5,9,12-14H,6-8,10-11H2,1-4H3,(H,17,20);2-3H2,1H3,(H3,5,6,7);3H,1H2,2H3;1H,(H,2,3)/b;9-5-;;;. The van der Waals surface area contributed by atoms with Crippen LogP contribution in [0.1, 0.15) is 79.2 Å². The van der Waals surface area contributed by atoms with E-state index in [1.807, 2.05) is 45.0 Å². The summed E-state index contributed by atoms with van der Waals surface area (Å²) in [6, 6.07) is 14.2. The molecule has 16 heteroatoms. The SMILES string of the molecule is C/C=C\C(=O)N(C=O)CCCCCC(=O)NC(C)C(C)C.C=CC.CCCNC(N)=O.Nc1ccc(OCc2ccc(NC(=O)CNC=O)cc2)cc1.O=CO. The molecule has 1 unspecified atom stereocenters. The summed E-state index contributed by atoms with van der Waals surface area (Å²) in [5.41, 5.74) is 12.7. The van der Waals surface area contributed by atoms with Gasteiger partial charge in [-0.15, -0.1) is 6.58 Å². The van der Waals surface area contributed by atoms with Crippen LogP contribution < -0.4 is 37.5 Å². The van der Waals surface area contributed by atoms with E-state index in [4.69, 9.17) is 26.1 Å². The Bertz CT molecular complexity index is 1410. The largest absolute Gasteiger partial charge is 0.489 e. The minimum absolute atomic E-state index is 0.0501. The Morgan fingerprint density at radius 1 is 0.929 bits per heavy atom. The molecule has 0 bridgehead atoms. The second-order valence-corrected chi connectivity index (χ2v) is 12.0. The fourth-order valence-electron chi connectivity index (χ4n) is 3.69. The second kappa shape index (κ2) is 37.1. The number of carbonyl (C=O) groups is 7. The molecule has 16 nitrogen and oxygen atoms in total. The molecular formula is C40H63N7O9. The van der Waals surface area contributed by atoms with Crippen molar-refractivity contribution in [2.45, 2.75) is 86.3 Å². The van der Waals surface area contributed by atoms with Crippen LogP contribution in [-0.2, 0) is 35.4 Å². The van der Waals surface area contributed by atoms with E-state index in [-0.39, 0.29) is 36.8 Å². The Balaban J connectivity index is -0.000000766. The molecule has 7 amide bonds. The number of primary amides is 1. The van der Waals surface area contributed by atoms with E-state index >= 15 is 0 Å². The Labute approximate surface area is 331 Å². The number of anilines is 2. The maximum atomic E-state index is 11.7. The Hall–Kier alpha value is -6.19. The van der Waals surface area contributed by atoms with Gasteiger partial charge in [-0.25, -0.2) is 4.79 Å². The highest BCUT2D eigenvalue weighted by Crippen LogP contribution is 2.16. The Morgan fingerprint density at radius 3 is 1.98 bits per heavy atom. The zero-order valence-electron chi connectivity index (χ0n) is 33.6. The van der Waals surface area contributed by atoms with Gasteiger partial charge in [0.1, 0.15) is 12.4 Å². The summed E-state index contributed by atoms with van der Waals surface area (Å²) >= 11 is 0. The van der Waals surface area contributed by atoms with Crippen LogP contribution in [0.2, 0.25) is 0 Å². The zero-order chi connectivity index (χ0) is 43.1. The number of nitrogens with two attached hydrogens (primary N) is 2. The van der Waals surface area contributed by atoms with Crippen molar-refractivity contribution in [3.05, 3.63) is 78.9 Å². The summed E-state index contributed by atoms with van der Waals surface area (Å²) in [7, 11) is 0. The van der Waals surface area contributed by atoms with Gasteiger partial charge >= 0.3 is 6.03 Å². The molecule has 9 N–H and O–H groups in total. The van der Waals surface area contributed by atoms with Gasteiger partial charge in [-0.3, -0.25) is 33.7 Å². The lowest BCUT2D eigenvalue weighted by Gasteiger charge is -2.17. The highest BCUT2D eigenvalue weighted by Gasteiger charge is 2.11. The number of nitrogens with zero attached hydrogens (tertiary/aromatic N) is 1. The number of allylic oxidation sites excluding steroid dienone is 2. The third-order valence-corrected chi connectivity index (χ3v) is 6.83. The number of urea groups is 1. The fraction of sp³-hybridized carbons (Fsp3) is 0.425. The monoisotopic (exact) mass is 785 g/mol. The maximum Gasteiger partial charge on any atom is 0.312 e. The van der Waals surface area contributed by atoms with Crippen molar-refractivity contribution in [3.63, 3.8) is 0 Å². The summed E-state index contributed by atoms with van der Waals surface area (Å²) in [5.74, 6) is 0.654. The summed E-state index contributed by atoms with van der Waals surface area (Å²) in [6.45, 7) is 16.3. The molecule has 0 spiro atoms. The first-order valence-electron chi connectivity index (χ1n) is 18.1. The molecule has 0 aliphatic heterocycles. The quantitative estimate of drug-likeness (QED) is 0.0338. The molecule has 0 saturated heterocycles. The van der Waals surface area contributed by atoms with Gasteiger partial charge in [-0.05, 0) is 94.0 Å². The smallest absolute Gasteiger partial charge is 0.312 e. The van der Waals surface area contributed by atoms with Gasteiger partial charge in [0.2, 0.25) is 24.6 Å². The number of unbranched alkanes of at least 4 members (excludes halogenated alkanes) is 2. The number of rotatable bonds is 19. The number of imide groups is 1.